The summed E-state index contributed by atoms with van der Waals surface area (Å²) in [6.07, 6.45) is 4.14. The van der Waals surface area contributed by atoms with E-state index in [0.29, 0.717) is 25.2 Å². The van der Waals surface area contributed by atoms with Crippen molar-refractivity contribution in [1.82, 2.24) is 9.88 Å². The number of likely N-dealkylation sites (N-methyl/N-ethyl adjacent to an activating group) is 1. The van der Waals surface area contributed by atoms with E-state index in [0.717, 1.165) is 22.3 Å². The number of rotatable bonds is 5. The SMILES string of the molecule is CCN(CCc1ccncc1)C(=O)C(=O)Nc1c(C)cc(C)cc1C. The van der Waals surface area contributed by atoms with Crippen molar-refractivity contribution < 1.29 is 9.59 Å². The molecule has 1 aromatic carbocycles. The Bertz CT molecular complexity index is 734. The van der Waals surface area contributed by atoms with E-state index in [-0.39, 0.29) is 0 Å². The average molecular weight is 339 g/mol. The van der Waals surface area contributed by atoms with Crippen LogP contribution in [0.1, 0.15) is 29.2 Å². The lowest BCUT2D eigenvalue weighted by Crippen LogP contribution is -2.40. The van der Waals surface area contributed by atoms with Crippen LogP contribution >= 0.6 is 0 Å². The molecular formula is C20H25N3O2. The fourth-order valence-corrected chi connectivity index (χ4v) is 2.90. The summed E-state index contributed by atoms with van der Waals surface area (Å²) in [5, 5.41) is 2.78. The van der Waals surface area contributed by atoms with Crippen molar-refractivity contribution in [3.8, 4) is 0 Å². The number of carbonyl (C=O) groups is 2. The molecule has 0 saturated heterocycles. The molecule has 0 atom stereocenters. The van der Waals surface area contributed by atoms with Crippen molar-refractivity contribution in [2.45, 2.75) is 34.1 Å². The summed E-state index contributed by atoms with van der Waals surface area (Å²) in [6.45, 7) is 8.73. The first-order valence-electron chi connectivity index (χ1n) is 8.49. The van der Waals surface area contributed by atoms with Gasteiger partial charge in [0.1, 0.15) is 0 Å². The van der Waals surface area contributed by atoms with Crippen LogP contribution in [0.2, 0.25) is 0 Å². The number of aryl methyl sites for hydroxylation is 3. The van der Waals surface area contributed by atoms with Crippen molar-refractivity contribution in [3.63, 3.8) is 0 Å². The molecule has 0 saturated carbocycles. The Balaban J connectivity index is 2.03. The number of nitrogens with one attached hydrogen (secondary N) is 1. The Kier molecular flexibility index (Phi) is 6.28. The molecular weight excluding hydrogens is 314 g/mol. The Morgan fingerprint density at radius 2 is 1.68 bits per heavy atom. The first kappa shape index (κ1) is 18.6. The standard InChI is InChI=1S/C20H25N3O2/c1-5-23(11-8-17-6-9-21-10-7-17)20(25)19(24)22-18-15(3)12-14(2)13-16(18)4/h6-7,9-10,12-13H,5,8,11H2,1-4H3,(H,22,24). The van der Waals surface area contributed by atoms with Crippen molar-refractivity contribution in [2.24, 2.45) is 0 Å². The van der Waals surface area contributed by atoms with E-state index in [1.807, 2.05) is 52.0 Å². The highest BCUT2D eigenvalue weighted by molar-refractivity contribution is 6.39. The van der Waals surface area contributed by atoms with E-state index in [1.54, 1.807) is 17.3 Å². The molecule has 25 heavy (non-hydrogen) atoms. The Hall–Kier alpha value is -2.69. The van der Waals surface area contributed by atoms with E-state index in [2.05, 4.69) is 10.3 Å². The number of nitrogens with zero attached hydrogens (tertiary/aromatic N) is 2. The quantitative estimate of drug-likeness (QED) is 0.852. The summed E-state index contributed by atoms with van der Waals surface area (Å²) < 4.78 is 0. The van der Waals surface area contributed by atoms with E-state index >= 15 is 0 Å². The van der Waals surface area contributed by atoms with Gasteiger partial charge in [-0.25, -0.2) is 0 Å². The third-order valence-electron chi connectivity index (χ3n) is 4.20. The molecule has 0 aliphatic rings. The summed E-state index contributed by atoms with van der Waals surface area (Å²) in [6, 6.07) is 7.82. The molecule has 5 nitrogen and oxygen atoms in total. The topological polar surface area (TPSA) is 62.3 Å². The predicted molar refractivity (Wildman–Crippen MR) is 99.5 cm³/mol. The van der Waals surface area contributed by atoms with Gasteiger partial charge in [-0.05, 0) is 62.9 Å². The van der Waals surface area contributed by atoms with Crippen LogP contribution in [0.15, 0.2) is 36.7 Å². The molecule has 1 heterocycles. The van der Waals surface area contributed by atoms with Crippen LogP contribution < -0.4 is 5.32 Å². The van der Waals surface area contributed by atoms with Crippen LogP contribution in [-0.4, -0.2) is 34.8 Å². The third-order valence-corrected chi connectivity index (χ3v) is 4.20. The average Bonchev–Trinajstić information content (AvgIpc) is 2.59. The van der Waals surface area contributed by atoms with Gasteiger partial charge in [-0.2, -0.15) is 0 Å². The van der Waals surface area contributed by atoms with Crippen LogP contribution in [0.3, 0.4) is 0 Å². The Morgan fingerprint density at radius 1 is 1.08 bits per heavy atom. The maximum Gasteiger partial charge on any atom is 0.313 e. The highest BCUT2D eigenvalue weighted by Crippen LogP contribution is 2.21. The van der Waals surface area contributed by atoms with E-state index in [1.165, 1.54) is 0 Å². The van der Waals surface area contributed by atoms with Gasteiger partial charge in [-0.15, -0.1) is 0 Å². The second-order valence-electron chi connectivity index (χ2n) is 6.22. The Morgan fingerprint density at radius 3 is 2.24 bits per heavy atom. The summed E-state index contributed by atoms with van der Waals surface area (Å²) in [5.74, 6) is -1.09. The van der Waals surface area contributed by atoms with Crippen molar-refractivity contribution in [3.05, 3.63) is 58.9 Å². The highest BCUT2D eigenvalue weighted by Gasteiger charge is 2.21. The predicted octanol–water partition coefficient (Wildman–Crippen LogP) is 3.04. The smallest absolute Gasteiger partial charge is 0.313 e. The number of benzene rings is 1. The van der Waals surface area contributed by atoms with E-state index < -0.39 is 11.8 Å². The number of amides is 2. The number of hydrogen-bond acceptors (Lipinski definition) is 3. The van der Waals surface area contributed by atoms with Crippen molar-refractivity contribution in [1.29, 1.82) is 0 Å². The molecule has 2 aromatic rings. The minimum atomic E-state index is -0.591. The van der Waals surface area contributed by atoms with Gasteiger partial charge in [0, 0.05) is 31.2 Å². The molecule has 2 amide bonds. The molecule has 0 aliphatic carbocycles. The molecule has 1 N–H and O–H groups in total. The second kappa shape index (κ2) is 8.42. The summed E-state index contributed by atoms with van der Waals surface area (Å²) >= 11 is 0. The van der Waals surface area contributed by atoms with Crippen LogP contribution in [0.5, 0.6) is 0 Å². The van der Waals surface area contributed by atoms with Gasteiger partial charge in [-0.1, -0.05) is 17.7 Å². The van der Waals surface area contributed by atoms with E-state index in [4.69, 9.17) is 0 Å². The Labute approximate surface area is 149 Å². The maximum atomic E-state index is 12.5. The molecule has 0 radical (unpaired) electrons. The second-order valence-corrected chi connectivity index (χ2v) is 6.22. The molecule has 0 bridgehead atoms. The minimum Gasteiger partial charge on any atom is -0.334 e. The largest absolute Gasteiger partial charge is 0.334 e. The van der Waals surface area contributed by atoms with Gasteiger partial charge >= 0.3 is 11.8 Å². The van der Waals surface area contributed by atoms with Gasteiger partial charge < -0.3 is 10.2 Å². The summed E-state index contributed by atoms with van der Waals surface area (Å²) in [5.41, 5.74) is 4.85. The van der Waals surface area contributed by atoms with Gasteiger partial charge in [-0.3, -0.25) is 14.6 Å². The van der Waals surface area contributed by atoms with Crippen molar-refractivity contribution >= 4 is 17.5 Å². The molecule has 132 valence electrons. The number of hydrogen-bond donors (Lipinski definition) is 1. The third kappa shape index (κ3) is 4.89. The van der Waals surface area contributed by atoms with Gasteiger partial charge in [0.25, 0.3) is 0 Å². The van der Waals surface area contributed by atoms with Gasteiger partial charge in [0.05, 0.1) is 0 Å². The summed E-state index contributed by atoms with van der Waals surface area (Å²) in [4.78, 5) is 30.4. The molecule has 0 spiro atoms. The number of aromatic nitrogens is 1. The molecule has 0 unspecified atom stereocenters. The molecule has 0 fully saturated rings. The first-order valence-corrected chi connectivity index (χ1v) is 8.49. The highest BCUT2D eigenvalue weighted by atomic mass is 16.2. The fraction of sp³-hybridized carbons (Fsp3) is 0.350. The van der Waals surface area contributed by atoms with Crippen LogP contribution in [0.4, 0.5) is 5.69 Å². The lowest BCUT2D eigenvalue weighted by atomic mass is 10.1. The molecule has 0 aliphatic heterocycles. The lowest BCUT2D eigenvalue weighted by molar-refractivity contribution is -0.143. The van der Waals surface area contributed by atoms with E-state index in [9.17, 15) is 9.59 Å². The fourth-order valence-electron chi connectivity index (χ4n) is 2.90. The van der Waals surface area contributed by atoms with Crippen LogP contribution in [0, 0.1) is 20.8 Å². The van der Waals surface area contributed by atoms with Crippen LogP contribution in [0.25, 0.3) is 0 Å². The number of carbonyl (C=O) groups excluding carboxylic acids is 2. The number of anilines is 1. The van der Waals surface area contributed by atoms with Crippen molar-refractivity contribution in [2.75, 3.05) is 18.4 Å². The zero-order valence-electron chi connectivity index (χ0n) is 15.3. The number of pyridine rings is 1. The van der Waals surface area contributed by atoms with Gasteiger partial charge in [0.2, 0.25) is 0 Å². The monoisotopic (exact) mass is 339 g/mol. The summed E-state index contributed by atoms with van der Waals surface area (Å²) in [7, 11) is 0. The minimum absolute atomic E-state index is 0.489. The molecule has 5 heteroatoms. The zero-order chi connectivity index (χ0) is 18.4. The normalized spacial score (nSPS) is 10.4. The zero-order valence-corrected chi connectivity index (χ0v) is 15.3. The van der Waals surface area contributed by atoms with Gasteiger partial charge in [0.15, 0.2) is 0 Å². The molecule has 2 rings (SSSR count). The maximum absolute atomic E-state index is 12.5. The molecule has 1 aromatic heterocycles. The lowest BCUT2D eigenvalue weighted by Gasteiger charge is -2.21. The first-order chi connectivity index (χ1) is 11.9. The van der Waals surface area contributed by atoms with Crippen LogP contribution in [-0.2, 0) is 16.0 Å².